The van der Waals surface area contributed by atoms with Gasteiger partial charge in [0, 0.05) is 47.8 Å². The van der Waals surface area contributed by atoms with Crippen molar-refractivity contribution in [2.24, 2.45) is 0 Å². The summed E-state index contributed by atoms with van der Waals surface area (Å²) >= 11 is 3.91. The average Bonchev–Trinajstić information content (AvgIpc) is 3.06. The largest absolute Gasteiger partial charge is 0.344 e. The summed E-state index contributed by atoms with van der Waals surface area (Å²) in [5.41, 5.74) is 0. The summed E-state index contributed by atoms with van der Waals surface area (Å²) < 4.78 is 0. The second-order valence-corrected chi connectivity index (χ2v) is 7.13. The highest BCUT2D eigenvalue weighted by atomic mass is 32.2. The van der Waals surface area contributed by atoms with Gasteiger partial charge >= 0.3 is 0 Å². The molecule has 0 bridgehead atoms. The molecule has 1 atom stereocenters. The molecule has 2 fully saturated rings. The van der Waals surface area contributed by atoms with Crippen LogP contribution < -0.4 is 10.2 Å². The number of rotatable bonds is 4. The van der Waals surface area contributed by atoms with Gasteiger partial charge in [-0.2, -0.15) is 11.8 Å². The molecule has 0 radical (unpaired) electrons. The number of hydrogen-bond acceptors (Lipinski definition) is 5. The summed E-state index contributed by atoms with van der Waals surface area (Å²) in [7, 11) is 0. The molecule has 1 aromatic heterocycles. The molecule has 0 spiro atoms. The Bertz CT molecular complexity index is 376. The summed E-state index contributed by atoms with van der Waals surface area (Å²) in [5, 5.41) is 4.76. The molecule has 1 unspecified atom stereocenters. The number of hydrogen-bond donors (Lipinski definition) is 1. The van der Waals surface area contributed by atoms with Gasteiger partial charge in [0.25, 0.3) is 0 Å². The van der Waals surface area contributed by atoms with Crippen molar-refractivity contribution >= 4 is 28.2 Å². The second kappa shape index (κ2) is 5.16. The topological polar surface area (TPSA) is 28.2 Å². The van der Waals surface area contributed by atoms with E-state index < -0.39 is 0 Å². The molecule has 2 aliphatic rings. The van der Waals surface area contributed by atoms with Crippen LogP contribution in [0.1, 0.15) is 24.6 Å². The highest BCUT2D eigenvalue weighted by Gasteiger charge is 2.23. The van der Waals surface area contributed by atoms with Gasteiger partial charge in [-0.1, -0.05) is 0 Å². The summed E-state index contributed by atoms with van der Waals surface area (Å²) in [6.07, 6.45) is 4.75. The van der Waals surface area contributed by atoms with Gasteiger partial charge in [0.05, 0.1) is 0 Å². The first kappa shape index (κ1) is 11.8. The fourth-order valence-electron chi connectivity index (χ4n) is 2.06. The number of thiazole rings is 1. The first-order valence-electron chi connectivity index (χ1n) is 6.35. The molecule has 5 heteroatoms. The number of nitrogens with zero attached hydrogens (tertiary/aromatic N) is 2. The summed E-state index contributed by atoms with van der Waals surface area (Å²) in [5.74, 6) is 2.47. The van der Waals surface area contributed by atoms with Gasteiger partial charge in [0.1, 0.15) is 0 Å². The Morgan fingerprint density at radius 1 is 1.53 bits per heavy atom. The molecule has 0 aromatic carbocycles. The minimum atomic E-state index is 0.629. The number of anilines is 1. The third-order valence-electron chi connectivity index (χ3n) is 3.30. The van der Waals surface area contributed by atoms with Gasteiger partial charge in [0.15, 0.2) is 5.13 Å². The molecule has 0 amide bonds. The van der Waals surface area contributed by atoms with Crippen LogP contribution in [0.3, 0.4) is 0 Å². The van der Waals surface area contributed by atoms with E-state index in [1.54, 1.807) is 0 Å². The van der Waals surface area contributed by atoms with E-state index in [1.165, 1.54) is 34.4 Å². The normalized spacial score (nSPS) is 25.2. The summed E-state index contributed by atoms with van der Waals surface area (Å²) in [4.78, 5) is 8.42. The third-order valence-corrected chi connectivity index (χ3v) is 5.52. The Morgan fingerprint density at radius 2 is 2.41 bits per heavy atom. The van der Waals surface area contributed by atoms with Crippen LogP contribution in [-0.2, 0) is 6.54 Å². The van der Waals surface area contributed by atoms with Crippen molar-refractivity contribution in [2.45, 2.75) is 38.4 Å². The lowest BCUT2D eigenvalue weighted by Crippen LogP contribution is -2.40. The van der Waals surface area contributed by atoms with E-state index in [0.29, 0.717) is 6.04 Å². The van der Waals surface area contributed by atoms with E-state index in [1.807, 2.05) is 17.5 Å². The SMILES string of the molecule is CC1CSCCN1c1ncc(CNC2CC2)s1. The molecule has 1 saturated heterocycles. The molecule has 94 valence electrons. The van der Waals surface area contributed by atoms with Gasteiger partial charge in [-0.25, -0.2) is 4.98 Å². The van der Waals surface area contributed by atoms with Crippen LogP contribution in [0, 0.1) is 0 Å². The van der Waals surface area contributed by atoms with Crippen LogP contribution in [0.15, 0.2) is 6.20 Å². The van der Waals surface area contributed by atoms with Crippen LogP contribution >= 0.6 is 23.1 Å². The second-order valence-electron chi connectivity index (χ2n) is 4.88. The monoisotopic (exact) mass is 269 g/mol. The van der Waals surface area contributed by atoms with Crippen LogP contribution in [0.4, 0.5) is 5.13 Å². The molecule has 3 rings (SSSR count). The van der Waals surface area contributed by atoms with E-state index >= 15 is 0 Å². The Labute approximate surface area is 111 Å². The van der Waals surface area contributed by atoms with E-state index in [4.69, 9.17) is 0 Å². The van der Waals surface area contributed by atoms with E-state index in [-0.39, 0.29) is 0 Å². The summed E-state index contributed by atoms with van der Waals surface area (Å²) in [6, 6.07) is 1.41. The lowest BCUT2D eigenvalue weighted by Gasteiger charge is -2.32. The lowest BCUT2D eigenvalue weighted by molar-refractivity contribution is 0.693. The van der Waals surface area contributed by atoms with E-state index in [9.17, 15) is 0 Å². The minimum Gasteiger partial charge on any atom is -0.344 e. The maximum Gasteiger partial charge on any atom is 0.185 e. The fraction of sp³-hybridized carbons (Fsp3) is 0.750. The molecule has 3 nitrogen and oxygen atoms in total. The zero-order chi connectivity index (χ0) is 11.7. The van der Waals surface area contributed by atoms with Gasteiger partial charge < -0.3 is 10.2 Å². The predicted octanol–water partition coefficient (Wildman–Crippen LogP) is 2.34. The van der Waals surface area contributed by atoms with Crippen LogP contribution in [0.5, 0.6) is 0 Å². The van der Waals surface area contributed by atoms with Crippen molar-refractivity contribution in [3.63, 3.8) is 0 Å². The standard InChI is InChI=1S/C12H19N3S2/c1-9-8-16-5-4-15(9)12-14-7-11(17-12)6-13-10-2-3-10/h7,9-10,13H,2-6,8H2,1H3. The van der Waals surface area contributed by atoms with Crippen LogP contribution in [-0.4, -0.2) is 35.1 Å². The third kappa shape index (κ3) is 2.95. The number of thioether (sulfide) groups is 1. The molecule has 2 heterocycles. The Balaban J connectivity index is 1.61. The number of nitrogens with one attached hydrogen (secondary N) is 1. The molecule has 1 saturated carbocycles. The predicted molar refractivity (Wildman–Crippen MR) is 76.1 cm³/mol. The Hall–Kier alpha value is -0.260. The van der Waals surface area contributed by atoms with Gasteiger partial charge in [-0.15, -0.1) is 11.3 Å². The van der Waals surface area contributed by atoms with Crippen molar-refractivity contribution in [2.75, 3.05) is 23.0 Å². The van der Waals surface area contributed by atoms with Crippen LogP contribution in [0.2, 0.25) is 0 Å². The van der Waals surface area contributed by atoms with E-state index in [2.05, 4.69) is 33.9 Å². The first-order valence-corrected chi connectivity index (χ1v) is 8.32. The minimum absolute atomic E-state index is 0.629. The average molecular weight is 269 g/mol. The van der Waals surface area contributed by atoms with Crippen molar-refractivity contribution in [1.29, 1.82) is 0 Å². The summed E-state index contributed by atoms with van der Waals surface area (Å²) in [6.45, 7) is 4.45. The highest BCUT2D eigenvalue weighted by molar-refractivity contribution is 7.99. The lowest BCUT2D eigenvalue weighted by atomic mass is 10.3. The van der Waals surface area contributed by atoms with Crippen molar-refractivity contribution < 1.29 is 0 Å². The molecule has 1 N–H and O–H groups in total. The smallest absolute Gasteiger partial charge is 0.185 e. The van der Waals surface area contributed by atoms with E-state index in [0.717, 1.165) is 19.1 Å². The van der Waals surface area contributed by atoms with Gasteiger partial charge in [-0.05, 0) is 19.8 Å². The molecule has 1 aliphatic heterocycles. The quantitative estimate of drug-likeness (QED) is 0.908. The van der Waals surface area contributed by atoms with Crippen molar-refractivity contribution in [3.8, 4) is 0 Å². The van der Waals surface area contributed by atoms with Gasteiger partial charge in [0.2, 0.25) is 0 Å². The molecular formula is C12H19N3S2. The Kier molecular flexibility index (Phi) is 3.59. The zero-order valence-electron chi connectivity index (χ0n) is 10.2. The van der Waals surface area contributed by atoms with Crippen LogP contribution in [0.25, 0.3) is 0 Å². The number of aromatic nitrogens is 1. The van der Waals surface area contributed by atoms with Crippen molar-refractivity contribution in [1.82, 2.24) is 10.3 Å². The fourth-order valence-corrected chi connectivity index (χ4v) is 4.06. The van der Waals surface area contributed by atoms with Crippen molar-refractivity contribution in [3.05, 3.63) is 11.1 Å². The first-order chi connectivity index (χ1) is 8.33. The maximum absolute atomic E-state index is 4.58. The van der Waals surface area contributed by atoms with Gasteiger partial charge in [-0.3, -0.25) is 0 Å². The zero-order valence-corrected chi connectivity index (χ0v) is 11.8. The maximum atomic E-state index is 4.58. The highest BCUT2D eigenvalue weighted by Crippen LogP contribution is 2.28. The molecule has 17 heavy (non-hydrogen) atoms. The molecule has 1 aliphatic carbocycles. The molecule has 1 aromatic rings. The Morgan fingerprint density at radius 3 is 3.18 bits per heavy atom. The molecular weight excluding hydrogens is 250 g/mol.